The first-order valence-electron chi connectivity index (χ1n) is 6.44. The van der Waals surface area contributed by atoms with Crippen LogP contribution >= 0.6 is 0 Å². The van der Waals surface area contributed by atoms with Gasteiger partial charge in [-0.3, -0.25) is 0 Å². The number of carbonyl (C=O) groups is 1. The van der Waals surface area contributed by atoms with Crippen molar-refractivity contribution in [3.05, 3.63) is 23.8 Å². The maximum absolute atomic E-state index is 12.2. The van der Waals surface area contributed by atoms with Gasteiger partial charge in [-0.1, -0.05) is 0 Å². The fraction of sp³-hybridized carbons (Fsp3) is 0.462. The van der Waals surface area contributed by atoms with Gasteiger partial charge in [-0.05, 0) is 32.0 Å². The summed E-state index contributed by atoms with van der Waals surface area (Å²) in [6.45, 7) is 4.24. The summed E-state index contributed by atoms with van der Waals surface area (Å²) in [5.41, 5.74) is 0.299. The van der Waals surface area contributed by atoms with Gasteiger partial charge in [-0.25, -0.2) is 17.9 Å². The minimum atomic E-state index is -3.79. The molecule has 118 valence electrons. The van der Waals surface area contributed by atoms with Crippen LogP contribution in [0.15, 0.2) is 23.1 Å². The van der Waals surface area contributed by atoms with Crippen LogP contribution in [-0.4, -0.2) is 45.8 Å². The van der Waals surface area contributed by atoms with Crippen molar-refractivity contribution in [1.82, 2.24) is 4.72 Å². The lowest BCUT2D eigenvalue weighted by Crippen LogP contribution is -2.35. The zero-order valence-electron chi connectivity index (χ0n) is 12.2. The molecule has 8 heteroatoms. The highest BCUT2D eigenvalue weighted by Crippen LogP contribution is 2.20. The third kappa shape index (κ3) is 4.69. The Hall–Kier alpha value is -1.64. The molecule has 0 saturated heterocycles. The summed E-state index contributed by atoms with van der Waals surface area (Å²) in [5, 5.41) is 12.1. The highest BCUT2D eigenvalue weighted by atomic mass is 32.2. The second-order valence-corrected chi connectivity index (χ2v) is 6.23. The highest BCUT2D eigenvalue weighted by molar-refractivity contribution is 7.89. The highest BCUT2D eigenvalue weighted by Gasteiger charge is 2.20. The van der Waals surface area contributed by atoms with Crippen molar-refractivity contribution >= 4 is 21.7 Å². The van der Waals surface area contributed by atoms with Crippen LogP contribution in [0.1, 0.15) is 24.2 Å². The van der Waals surface area contributed by atoms with Crippen LogP contribution in [0, 0.1) is 0 Å². The van der Waals surface area contributed by atoms with Crippen LogP contribution in [0.25, 0.3) is 0 Å². The van der Waals surface area contributed by atoms with Crippen LogP contribution in [0.2, 0.25) is 0 Å². The lowest BCUT2D eigenvalue weighted by Gasteiger charge is -2.14. The predicted molar refractivity (Wildman–Crippen MR) is 79.2 cm³/mol. The molecular weight excluding hydrogens is 296 g/mol. The van der Waals surface area contributed by atoms with Crippen molar-refractivity contribution in [2.75, 3.05) is 25.6 Å². The van der Waals surface area contributed by atoms with Gasteiger partial charge < -0.3 is 15.2 Å². The molecular formula is C13H20N2O5S. The number of rotatable bonds is 8. The number of methoxy groups -OCH3 is 1. The first kappa shape index (κ1) is 17.4. The Balaban J connectivity index is 3.13. The summed E-state index contributed by atoms with van der Waals surface area (Å²) in [4.78, 5) is 11.1. The van der Waals surface area contributed by atoms with E-state index >= 15 is 0 Å². The van der Waals surface area contributed by atoms with E-state index in [9.17, 15) is 18.3 Å². The van der Waals surface area contributed by atoms with Gasteiger partial charge in [0.05, 0.1) is 17.1 Å². The number of nitrogens with one attached hydrogen (secondary N) is 2. The first-order chi connectivity index (χ1) is 9.81. The van der Waals surface area contributed by atoms with E-state index in [1.165, 1.54) is 19.2 Å². The molecule has 21 heavy (non-hydrogen) atoms. The van der Waals surface area contributed by atoms with Gasteiger partial charge >= 0.3 is 5.97 Å². The second kappa shape index (κ2) is 7.39. The number of carboxylic acids is 1. The lowest BCUT2D eigenvalue weighted by atomic mass is 10.2. The van der Waals surface area contributed by atoms with Crippen LogP contribution in [0.4, 0.5) is 5.69 Å². The molecule has 1 rings (SSSR count). The van der Waals surface area contributed by atoms with E-state index in [0.717, 1.165) is 6.07 Å². The molecule has 0 bridgehead atoms. The zero-order chi connectivity index (χ0) is 16.0. The van der Waals surface area contributed by atoms with Gasteiger partial charge in [0.25, 0.3) is 0 Å². The van der Waals surface area contributed by atoms with Crippen molar-refractivity contribution < 1.29 is 23.1 Å². The number of sulfonamides is 1. The van der Waals surface area contributed by atoms with E-state index < -0.39 is 22.0 Å². The summed E-state index contributed by atoms with van der Waals surface area (Å²) in [7, 11) is -2.32. The van der Waals surface area contributed by atoms with Crippen molar-refractivity contribution in [3.8, 4) is 0 Å². The van der Waals surface area contributed by atoms with Crippen molar-refractivity contribution in [2.24, 2.45) is 0 Å². The van der Waals surface area contributed by atoms with E-state index in [1.54, 1.807) is 6.92 Å². The molecule has 0 aliphatic rings. The standard InChI is InChI=1S/C13H20N2O5S/c1-4-14-12-6-5-10(7-11(12)13(16)17)21(18,19)15-9(2)8-20-3/h5-7,9,14-15H,4,8H2,1-3H3,(H,16,17)/t9-/m0/s1. The number of benzene rings is 1. The molecule has 0 saturated carbocycles. The van der Waals surface area contributed by atoms with E-state index in [4.69, 9.17) is 4.74 Å². The minimum Gasteiger partial charge on any atom is -0.478 e. The molecule has 0 aliphatic heterocycles. The molecule has 0 amide bonds. The largest absolute Gasteiger partial charge is 0.478 e. The molecule has 0 fully saturated rings. The Morgan fingerprint density at radius 1 is 1.43 bits per heavy atom. The molecule has 0 spiro atoms. The monoisotopic (exact) mass is 316 g/mol. The lowest BCUT2D eigenvalue weighted by molar-refractivity contribution is 0.0697. The molecule has 3 N–H and O–H groups in total. The van der Waals surface area contributed by atoms with E-state index in [2.05, 4.69) is 10.0 Å². The normalized spacial score (nSPS) is 12.9. The second-order valence-electron chi connectivity index (χ2n) is 4.52. The summed E-state index contributed by atoms with van der Waals surface area (Å²) in [6, 6.07) is 3.54. The third-order valence-corrected chi connectivity index (χ3v) is 4.26. The maximum Gasteiger partial charge on any atom is 0.337 e. The maximum atomic E-state index is 12.2. The van der Waals surface area contributed by atoms with E-state index in [0.29, 0.717) is 12.2 Å². The van der Waals surface area contributed by atoms with Gasteiger partial charge in [0.2, 0.25) is 10.0 Å². The van der Waals surface area contributed by atoms with Crippen molar-refractivity contribution in [3.63, 3.8) is 0 Å². The van der Waals surface area contributed by atoms with Gasteiger partial charge in [0.15, 0.2) is 0 Å². The first-order valence-corrected chi connectivity index (χ1v) is 7.92. The Kier molecular flexibility index (Phi) is 6.13. The van der Waals surface area contributed by atoms with E-state index in [-0.39, 0.29) is 17.1 Å². The topological polar surface area (TPSA) is 105 Å². The van der Waals surface area contributed by atoms with Gasteiger partial charge in [0.1, 0.15) is 0 Å². The van der Waals surface area contributed by atoms with Crippen LogP contribution in [0.5, 0.6) is 0 Å². The minimum absolute atomic E-state index is 0.0841. The fourth-order valence-corrected chi connectivity index (χ4v) is 3.08. The number of ether oxygens (including phenoxy) is 1. The van der Waals surface area contributed by atoms with Gasteiger partial charge in [-0.15, -0.1) is 0 Å². The van der Waals surface area contributed by atoms with Crippen LogP contribution in [0.3, 0.4) is 0 Å². The predicted octanol–water partition coefficient (Wildman–Crippen LogP) is 1.13. The molecule has 7 nitrogen and oxygen atoms in total. The molecule has 1 aromatic rings. The quantitative estimate of drug-likeness (QED) is 0.664. The SMILES string of the molecule is CCNc1ccc(S(=O)(=O)N[C@@H](C)COC)cc1C(=O)O. The summed E-state index contributed by atoms with van der Waals surface area (Å²) in [6.07, 6.45) is 0. The van der Waals surface area contributed by atoms with Crippen molar-refractivity contribution in [2.45, 2.75) is 24.8 Å². The van der Waals surface area contributed by atoms with Crippen LogP contribution in [-0.2, 0) is 14.8 Å². The number of anilines is 1. The van der Waals surface area contributed by atoms with Gasteiger partial charge in [-0.2, -0.15) is 0 Å². The Bertz CT molecular complexity index is 601. The molecule has 0 radical (unpaired) electrons. The van der Waals surface area contributed by atoms with Gasteiger partial charge in [0, 0.05) is 25.4 Å². The fourth-order valence-electron chi connectivity index (χ4n) is 1.83. The third-order valence-electron chi connectivity index (χ3n) is 2.67. The Morgan fingerprint density at radius 3 is 2.62 bits per heavy atom. The summed E-state index contributed by atoms with van der Waals surface area (Å²) in [5.74, 6) is -1.19. The van der Waals surface area contributed by atoms with Crippen molar-refractivity contribution in [1.29, 1.82) is 0 Å². The molecule has 1 aromatic carbocycles. The Labute approximate surface area is 124 Å². The molecule has 1 atom stereocenters. The average molecular weight is 316 g/mol. The molecule has 0 heterocycles. The number of hydrogen-bond acceptors (Lipinski definition) is 5. The number of carboxylic acid groups (broad SMARTS) is 1. The smallest absolute Gasteiger partial charge is 0.337 e. The zero-order valence-corrected chi connectivity index (χ0v) is 13.0. The molecule has 0 aromatic heterocycles. The van der Waals surface area contributed by atoms with E-state index in [1.807, 2.05) is 6.92 Å². The molecule has 0 unspecified atom stereocenters. The number of hydrogen-bond donors (Lipinski definition) is 3. The summed E-state index contributed by atoms with van der Waals surface area (Å²) < 4.78 is 31.7. The Morgan fingerprint density at radius 2 is 2.10 bits per heavy atom. The number of aromatic carboxylic acids is 1. The average Bonchev–Trinajstić information content (AvgIpc) is 2.38. The summed E-state index contributed by atoms with van der Waals surface area (Å²) >= 11 is 0. The van der Waals surface area contributed by atoms with Crippen LogP contribution < -0.4 is 10.0 Å². The molecule has 0 aliphatic carbocycles.